The van der Waals surface area contributed by atoms with E-state index in [-0.39, 0.29) is 17.0 Å². The summed E-state index contributed by atoms with van der Waals surface area (Å²) in [4.78, 5) is 0. The van der Waals surface area contributed by atoms with Crippen LogP contribution >= 0.6 is 0 Å². The molecule has 4 nitrogen and oxygen atoms in total. The van der Waals surface area contributed by atoms with Crippen molar-refractivity contribution in [2.75, 3.05) is 19.6 Å². The van der Waals surface area contributed by atoms with Gasteiger partial charge >= 0.3 is 0 Å². The van der Waals surface area contributed by atoms with Crippen LogP contribution in [-0.2, 0) is 0 Å². The number of unbranched alkanes of at least 4 members (excludes halogenated alkanes) is 3. The van der Waals surface area contributed by atoms with Gasteiger partial charge in [-0.15, -0.1) is 0 Å². The molecule has 124 valence electrons. The smallest absolute Gasteiger partial charge is 0.136 e. The molecule has 0 aromatic heterocycles. The number of nitrogens with one attached hydrogen (secondary N) is 3. The zero-order chi connectivity index (χ0) is 14.6. The fourth-order valence-electron chi connectivity index (χ4n) is 1.97. The molecule has 0 amide bonds. The van der Waals surface area contributed by atoms with Crippen molar-refractivity contribution in [2.24, 2.45) is 5.73 Å². The molecule has 0 aliphatic heterocycles. The monoisotopic (exact) mass is 304 g/mol. The SMILES string of the molecule is CCCCNC(C)C(N)(NCCCC)NCCCC.[SiH4]. The Balaban J connectivity index is 0. The third-order valence-corrected chi connectivity index (χ3v) is 3.56. The molecule has 0 radical (unpaired) electrons. The van der Waals surface area contributed by atoms with E-state index in [0.29, 0.717) is 0 Å². The molecule has 0 aliphatic rings. The average molecular weight is 305 g/mol. The molecule has 20 heavy (non-hydrogen) atoms. The molecular formula is C15H40N4Si. The van der Waals surface area contributed by atoms with Crippen molar-refractivity contribution in [2.45, 2.75) is 78.0 Å². The van der Waals surface area contributed by atoms with Gasteiger partial charge in [-0.3, -0.25) is 16.4 Å². The molecule has 0 aromatic carbocycles. The molecule has 1 unspecified atom stereocenters. The van der Waals surface area contributed by atoms with Crippen LogP contribution in [0.2, 0.25) is 0 Å². The van der Waals surface area contributed by atoms with Crippen molar-refractivity contribution in [1.82, 2.24) is 16.0 Å². The summed E-state index contributed by atoms with van der Waals surface area (Å²) in [5, 5.41) is 10.5. The van der Waals surface area contributed by atoms with Gasteiger partial charge in [0.25, 0.3) is 0 Å². The van der Waals surface area contributed by atoms with Gasteiger partial charge in [-0.1, -0.05) is 40.0 Å². The summed E-state index contributed by atoms with van der Waals surface area (Å²) in [5.41, 5.74) is 6.52. The number of hydrogen-bond donors (Lipinski definition) is 4. The summed E-state index contributed by atoms with van der Waals surface area (Å²) in [5.74, 6) is -0.502. The number of rotatable bonds is 13. The summed E-state index contributed by atoms with van der Waals surface area (Å²) in [6.07, 6.45) is 7.12. The third-order valence-electron chi connectivity index (χ3n) is 3.56. The van der Waals surface area contributed by atoms with Crippen molar-refractivity contribution in [3.05, 3.63) is 0 Å². The molecule has 0 aliphatic carbocycles. The third kappa shape index (κ3) is 9.88. The fraction of sp³-hybridized carbons (Fsp3) is 1.00. The molecule has 0 bridgehead atoms. The minimum atomic E-state index is -0.502. The van der Waals surface area contributed by atoms with Gasteiger partial charge in [0, 0.05) is 6.04 Å². The van der Waals surface area contributed by atoms with Crippen LogP contribution in [0.3, 0.4) is 0 Å². The first-order valence-corrected chi connectivity index (χ1v) is 8.13. The van der Waals surface area contributed by atoms with Crippen molar-refractivity contribution in [3.63, 3.8) is 0 Å². The Kier molecular flexibility index (Phi) is 15.7. The molecule has 5 N–H and O–H groups in total. The largest absolute Gasteiger partial charge is 0.310 e. The molecule has 0 rings (SSSR count). The van der Waals surface area contributed by atoms with E-state index < -0.39 is 5.79 Å². The normalized spacial score (nSPS) is 13.1. The van der Waals surface area contributed by atoms with Crippen molar-refractivity contribution in [1.29, 1.82) is 0 Å². The van der Waals surface area contributed by atoms with E-state index >= 15 is 0 Å². The van der Waals surface area contributed by atoms with Crippen molar-refractivity contribution in [3.8, 4) is 0 Å². The molecule has 0 aromatic rings. The number of nitrogens with two attached hydrogens (primary N) is 1. The summed E-state index contributed by atoms with van der Waals surface area (Å²) in [6.45, 7) is 11.7. The molecule has 0 saturated heterocycles. The number of hydrogen-bond acceptors (Lipinski definition) is 4. The minimum absolute atomic E-state index is 0. The van der Waals surface area contributed by atoms with E-state index in [1.165, 1.54) is 25.7 Å². The highest BCUT2D eigenvalue weighted by molar-refractivity contribution is 5.75. The summed E-state index contributed by atoms with van der Waals surface area (Å²) in [7, 11) is 0. The van der Waals surface area contributed by atoms with Crippen LogP contribution in [0, 0.1) is 0 Å². The quantitative estimate of drug-likeness (QED) is 0.230. The lowest BCUT2D eigenvalue weighted by Crippen LogP contribution is -2.73. The van der Waals surface area contributed by atoms with Gasteiger partial charge in [0.2, 0.25) is 0 Å². The lowest BCUT2D eigenvalue weighted by atomic mass is 10.1. The maximum Gasteiger partial charge on any atom is 0.136 e. The van der Waals surface area contributed by atoms with Crippen molar-refractivity contribution < 1.29 is 0 Å². The van der Waals surface area contributed by atoms with Gasteiger partial charge in [0.15, 0.2) is 0 Å². The first-order valence-electron chi connectivity index (χ1n) is 8.13. The van der Waals surface area contributed by atoms with Gasteiger partial charge in [-0.25, -0.2) is 0 Å². The van der Waals surface area contributed by atoms with Crippen LogP contribution in [0.4, 0.5) is 0 Å². The van der Waals surface area contributed by atoms with Crippen LogP contribution in [0.25, 0.3) is 0 Å². The standard InChI is InChI=1S/C15H36N4.H4Si/c1-5-8-11-17-14(4)15(16,18-12-9-6-2)19-13-10-7-3;/h14,17-19H,5-13,16H2,1-4H3;1H4. The maximum absolute atomic E-state index is 6.52. The molecule has 0 heterocycles. The average Bonchev–Trinajstić information content (AvgIpc) is 2.39. The Morgan fingerprint density at radius 1 is 0.850 bits per heavy atom. The first-order chi connectivity index (χ1) is 9.10. The van der Waals surface area contributed by atoms with E-state index in [4.69, 9.17) is 5.73 Å². The second-order valence-electron chi connectivity index (χ2n) is 5.46. The second kappa shape index (κ2) is 14.0. The summed E-state index contributed by atoms with van der Waals surface area (Å²) < 4.78 is 0. The van der Waals surface area contributed by atoms with E-state index in [1.54, 1.807) is 0 Å². The first kappa shape index (κ1) is 22.3. The highest BCUT2D eigenvalue weighted by Crippen LogP contribution is 2.02. The van der Waals surface area contributed by atoms with E-state index in [0.717, 1.165) is 32.5 Å². The van der Waals surface area contributed by atoms with Gasteiger partial charge in [-0.05, 0) is 56.8 Å². The predicted molar refractivity (Wildman–Crippen MR) is 96.4 cm³/mol. The Bertz CT molecular complexity index is 192. The predicted octanol–water partition coefficient (Wildman–Crippen LogP) is 0.705. The summed E-state index contributed by atoms with van der Waals surface area (Å²) in [6, 6.07) is 0.216. The van der Waals surface area contributed by atoms with E-state index in [2.05, 4.69) is 43.6 Å². The fourth-order valence-corrected chi connectivity index (χ4v) is 1.97. The van der Waals surface area contributed by atoms with E-state index in [9.17, 15) is 0 Å². The minimum Gasteiger partial charge on any atom is -0.310 e. The van der Waals surface area contributed by atoms with Gasteiger partial charge in [-0.2, -0.15) is 0 Å². The molecular weight excluding hydrogens is 264 g/mol. The topological polar surface area (TPSA) is 62.1 Å². The van der Waals surface area contributed by atoms with Gasteiger partial charge < -0.3 is 5.32 Å². The highest BCUT2D eigenvalue weighted by atomic mass is 28.1. The lowest BCUT2D eigenvalue weighted by molar-refractivity contribution is 0.195. The zero-order valence-corrected chi connectivity index (χ0v) is 13.5. The van der Waals surface area contributed by atoms with Crippen LogP contribution in [0.5, 0.6) is 0 Å². The highest BCUT2D eigenvalue weighted by Gasteiger charge is 2.29. The maximum atomic E-state index is 6.52. The lowest BCUT2D eigenvalue weighted by Gasteiger charge is -2.38. The Morgan fingerprint density at radius 3 is 1.65 bits per heavy atom. The second-order valence-corrected chi connectivity index (χ2v) is 5.46. The van der Waals surface area contributed by atoms with Gasteiger partial charge in [0.1, 0.15) is 5.79 Å². The molecule has 0 fully saturated rings. The zero-order valence-electron chi connectivity index (χ0n) is 13.5. The Morgan fingerprint density at radius 2 is 1.25 bits per heavy atom. The van der Waals surface area contributed by atoms with E-state index in [1.807, 2.05) is 0 Å². The molecule has 5 heteroatoms. The molecule has 0 saturated carbocycles. The van der Waals surface area contributed by atoms with Crippen molar-refractivity contribution >= 4 is 11.0 Å². The van der Waals surface area contributed by atoms with Gasteiger partial charge in [0.05, 0.1) is 0 Å². The van der Waals surface area contributed by atoms with Crippen LogP contribution in [0.1, 0.15) is 66.2 Å². The van der Waals surface area contributed by atoms with Crippen LogP contribution in [0.15, 0.2) is 0 Å². The van der Waals surface area contributed by atoms with Crippen LogP contribution in [-0.4, -0.2) is 42.4 Å². The Hall–Kier alpha value is 0.0569. The molecule has 1 atom stereocenters. The molecule has 0 spiro atoms. The Labute approximate surface area is 131 Å². The van der Waals surface area contributed by atoms with Crippen LogP contribution < -0.4 is 21.7 Å². The summed E-state index contributed by atoms with van der Waals surface area (Å²) >= 11 is 0.